The fourth-order valence-corrected chi connectivity index (χ4v) is 4.08. The Bertz CT molecular complexity index is 502. The van der Waals surface area contributed by atoms with Crippen LogP contribution in [0.3, 0.4) is 0 Å². The summed E-state index contributed by atoms with van der Waals surface area (Å²) >= 11 is 0. The van der Waals surface area contributed by atoms with Gasteiger partial charge in [-0.2, -0.15) is 0 Å². The van der Waals surface area contributed by atoms with Crippen molar-refractivity contribution in [1.82, 2.24) is 9.80 Å². The molecule has 2 saturated heterocycles. The molecule has 0 aromatic carbocycles. The van der Waals surface area contributed by atoms with Crippen molar-refractivity contribution < 1.29 is 13.9 Å². The SMILES string of the molecule is CCN(CC)C1CCOC2(CCN(C(=O)c3ccco3)CC2)C1. The van der Waals surface area contributed by atoms with Crippen molar-refractivity contribution in [3.8, 4) is 0 Å². The van der Waals surface area contributed by atoms with Gasteiger partial charge in [0.2, 0.25) is 0 Å². The summed E-state index contributed by atoms with van der Waals surface area (Å²) < 4.78 is 11.4. The first kappa shape index (κ1) is 16.5. The largest absolute Gasteiger partial charge is 0.459 e. The van der Waals surface area contributed by atoms with Gasteiger partial charge in [0.15, 0.2) is 5.76 Å². The van der Waals surface area contributed by atoms with Gasteiger partial charge in [-0.3, -0.25) is 4.79 Å². The first-order chi connectivity index (χ1) is 11.2. The van der Waals surface area contributed by atoms with Crippen LogP contribution in [0.5, 0.6) is 0 Å². The summed E-state index contributed by atoms with van der Waals surface area (Å²) in [6.07, 6.45) is 5.63. The summed E-state index contributed by atoms with van der Waals surface area (Å²) in [4.78, 5) is 16.8. The molecule has 3 rings (SSSR count). The molecule has 1 amide bonds. The monoisotopic (exact) mass is 320 g/mol. The van der Waals surface area contributed by atoms with Gasteiger partial charge in [0.05, 0.1) is 11.9 Å². The third-order valence-electron chi connectivity index (χ3n) is 5.49. The van der Waals surface area contributed by atoms with E-state index in [4.69, 9.17) is 9.15 Å². The second-order valence-corrected chi connectivity index (χ2v) is 6.67. The molecule has 2 fully saturated rings. The minimum absolute atomic E-state index is 0.000882. The first-order valence-corrected chi connectivity index (χ1v) is 8.88. The van der Waals surface area contributed by atoms with E-state index in [0.29, 0.717) is 11.8 Å². The highest BCUT2D eigenvalue weighted by atomic mass is 16.5. The van der Waals surface area contributed by atoms with E-state index >= 15 is 0 Å². The van der Waals surface area contributed by atoms with E-state index in [9.17, 15) is 4.79 Å². The topological polar surface area (TPSA) is 45.9 Å². The Kier molecular flexibility index (Phi) is 5.07. The van der Waals surface area contributed by atoms with E-state index in [1.54, 1.807) is 18.4 Å². The molecule has 5 nitrogen and oxygen atoms in total. The fourth-order valence-electron chi connectivity index (χ4n) is 4.08. The maximum absolute atomic E-state index is 12.4. The average Bonchev–Trinajstić information content (AvgIpc) is 3.11. The minimum Gasteiger partial charge on any atom is -0.459 e. The van der Waals surface area contributed by atoms with E-state index < -0.39 is 0 Å². The molecule has 0 aliphatic carbocycles. The molecule has 0 radical (unpaired) electrons. The zero-order valence-corrected chi connectivity index (χ0v) is 14.3. The van der Waals surface area contributed by atoms with Crippen molar-refractivity contribution in [2.45, 2.75) is 51.2 Å². The van der Waals surface area contributed by atoms with Crippen LogP contribution in [0.15, 0.2) is 22.8 Å². The average molecular weight is 320 g/mol. The summed E-state index contributed by atoms with van der Waals surface area (Å²) in [6.45, 7) is 9.01. The summed E-state index contributed by atoms with van der Waals surface area (Å²) in [5.41, 5.74) is -0.0363. The Hall–Kier alpha value is -1.33. The Morgan fingerprint density at radius 2 is 2.09 bits per heavy atom. The number of rotatable bonds is 4. The summed E-state index contributed by atoms with van der Waals surface area (Å²) in [5.74, 6) is 0.437. The third kappa shape index (κ3) is 3.45. The number of furan rings is 1. The number of ether oxygens (including phenoxy) is 1. The predicted molar refractivity (Wildman–Crippen MR) is 88.5 cm³/mol. The van der Waals surface area contributed by atoms with E-state index in [0.717, 1.165) is 58.5 Å². The second-order valence-electron chi connectivity index (χ2n) is 6.67. The Morgan fingerprint density at radius 3 is 2.70 bits per heavy atom. The standard InChI is InChI=1S/C18H28N2O3/c1-3-19(4-2)15-7-13-23-18(14-15)8-10-20(11-9-18)17(21)16-6-5-12-22-16/h5-6,12,15H,3-4,7-11,13-14H2,1-2H3. The Balaban J connectivity index is 1.60. The highest BCUT2D eigenvalue weighted by molar-refractivity contribution is 5.91. The molecule has 1 atom stereocenters. The van der Waals surface area contributed by atoms with Crippen LogP contribution in [0, 0.1) is 0 Å². The lowest BCUT2D eigenvalue weighted by Crippen LogP contribution is -2.54. The fraction of sp³-hybridized carbons (Fsp3) is 0.722. The molecular weight excluding hydrogens is 292 g/mol. The van der Waals surface area contributed by atoms with Crippen LogP contribution < -0.4 is 0 Å². The number of hydrogen-bond donors (Lipinski definition) is 0. The first-order valence-electron chi connectivity index (χ1n) is 8.88. The number of likely N-dealkylation sites (tertiary alicyclic amines) is 1. The lowest BCUT2D eigenvalue weighted by Gasteiger charge is -2.48. The molecular formula is C18H28N2O3. The quantitative estimate of drug-likeness (QED) is 0.856. The lowest BCUT2D eigenvalue weighted by atomic mass is 9.81. The number of carbonyl (C=O) groups excluding carboxylic acids is 1. The summed E-state index contributed by atoms with van der Waals surface area (Å²) in [5, 5.41) is 0. The van der Waals surface area contributed by atoms with Crippen molar-refractivity contribution >= 4 is 5.91 Å². The van der Waals surface area contributed by atoms with Crippen LogP contribution in [0.1, 0.15) is 50.1 Å². The van der Waals surface area contributed by atoms with Gasteiger partial charge in [0.1, 0.15) is 0 Å². The zero-order valence-electron chi connectivity index (χ0n) is 14.3. The molecule has 0 bridgehead atoms. The molecule has 23 heavy (non-hydrogen) atoms. The number of nitrogens with zero attached hydrogens (tertiary/aromatic N) is 2. The molecule has 1 aromatic heterocycles. The van der Waals surface area contributed by atoms with Gasteiger partial charge in [-0.1, -0.05) is 13.8 Å². The molecule has 1 spiro atoms. The smallest absolute Gasteiger partial charge is 0.289 e. The molecule has 0 N–H and O–H groups in total. The van der Waals surface area contributed by atoms with Gasteiger partial charge in [-0.15, -0.1) is 0 Å². The van der Waals surface area contributed by atoms with Gasteiger partial charge < -0.3 is 19.0 Å². The molecule has 1 aromatic rings. The normalized spacial score (nSPS) is 24.3. The van der Waals surface area contributed by atoms with Crippen LogP contribution in [-0.2, 0) is 4.74 Å². The van der Waals surface area contributed by atoms with Gasteiger partial charge in [-0.25, -0.2) is 0 Å². The molecule has 5 heteroatoms. The lowest BCUT2D eigenvalue weighted by molar-refractivity contribution is -0.129. The molecule has 1 unspecified atom stereocenters. The summed E-state index contributed by atoms with van der Waals surface area (Å²) in [6, 6.07) is 4.11. The Morgan fingerprint density at radius 1 is 1.35 bits per heavy atom. The van der Waals surface area contributed by atoms with Gasteiger partial charge in [0.25, 0.3) is 5.91 Å². The van der Waals surface area contributed by atoms with Crippen molar-refractivity contribution in [2.75, 3.05) is 32.8 Å². The van der Waals surface area contributed by atoms with Crippen LogP contribution in [0.25, 0.3) is 0 Å². The van der Waals surface area contributed by atoms with E-state index in [2.05, 4.69) is 18.7 Å². The van der Waals surface area contributed by atoms with Crippen LogP contribution in [0.2, 0.25) is 0 Å². The van der Waals surface area contributed by atoms with E-state index in [1.807, 2.05) is 4.90 Å². The van der Waals surface area contributed by atoms with E-state index in [1.165, 1.54) is 0 Å². The molecule has 3 heterocycles. The molecule has 128 valence electrons. The number of amides is 1. The predicted octanol–water partition coefficient (Wildman–Crippen LogP) is 2.78. The van der Waals surface area contributed by atoms with Crippen LogP contribution in [-0.4, -0.2) is 60.1 Å². The second kappa shape index (κ2) is 7.05. The van der Waals surface area contributed by atoms with Crippen LogP contribution in [0.4, 0.5) is 0 Å². The van der Waals surface area contributed by atoms with E-state index in [-0.39, 0.29) is 11.5 Å². The molecule has 2 aliphatic heterocycles. The highest BCUT2D eigenvalue weighted by Crippen LogP contribution is 2.37. The minimum atomic E-state index is -0.0363. The molecule has 0 saturated carbocycles. The number of piperidine rings is 1. The van der Waals surface area contributed by atoms with Crippen LogP contribution >= 0.6 is 0 Å². The highest BCUT2D eigenvalue weighted by Gasteiger charge is 2.42. The summed E-state index contributed by atoms with van der Waals surface area (Å²) in [7, 11) is 0. The third-order valence-corrected chi connectivity index (χ3v) is 5.49. The Labute approximate surface area is 138 Å². The van der Waals surface area contributed by atoms with Gasteiger partial charge in [-0.05, 0) is 50.9 Å². The number of carbonyl (C=O) groups is 1. The van der Waals surface area contributed by atoms with Crippen molar-refractivity contribution in [3.05, 3.63) is 24.2 Å². The van der Waals surface area contributed by atoms with Crippen molar-refractivity contribution in [1.29, 1.82) is 0 Å². The van der Waals surface area contributed by atoms with Crippen molar-refractivity contribution in [3.63, 3.8) is 0 Å². The number of hydrogen-bond acceptors (Lipinski definition) is 4. The zero-order chi connectivity index (χ0) is 16.3. The van der Waals surface area contributed by atoms with Gasteiger partial charge in [0, 0.05) is 25.7 Å². The molecule has 2 aliphatic rings. The van der Waals surface area contributed by atoms with Gasteiger partial charge >= 0.3 is 0 Å². The maximum atomic E-state index is 12.4. The maximum Gasteiger partial charge on any atom is 0.289 e. The van der Waals surface area contributed by atoms with Crippen molar-refractivity contribution in [2.24, 2.45) is 0 Å².